The van der Waals surface area contributed by atoms with Crippen molar-refractivity contribution in [2.24, 2.45) is 0 Å². The Morgan fingerprint density at radius 1 is 1.33 bits per heavy atom. The summed E-state index contributed by atoms with van der Waals surface area (Å²) in [6.07, 6.45) is 3.44. The third-order valence-electron chi connectivity index (χ3n) is 2.48. The van der Waals surface area contributed by atoms with Gasteiger partial charge in [-0.15, -0.1) is 0 Å². The number of rotatable bonds is 2. The molecule has 0 bridgehead atoms. The Hall–Kier alpha value is -2.02. The molecule has 1 heterocycles. The third-order valence-corrected chi connectivity index (χ3v) is 3.76. The molecule has 0 N–H and O–H groups in total. The molecule has 1 unspecified atom stereocenters. The first-order chi connectivity index (χ1) is 8.61. The van der Waals surface area contributed by atoms with Gasteiger partial charge in [0.15, 0.2) is 0 Å². The summed E-state index contributed by atoms with van der Waals surface area (Å²) < 4.78 is 12.8. The van der Waals surface area contributed by atoms with Gasteiger partial charge in [-0.1, -0.05) is 24.3 Å². The van der Waals surface area contributed by atoms with E-state index in [1.165, 1.54) is 18.2 Å². The van der Waals surface area contributed by atoms with E-state index < -0.39 is 21.8 Å². The molecule has 1 aliphatic rings. The van der Waals surface area contributed by atoms with Crippen molar-refractivity contribution in [1.29, 1.82) is 0 Å². The second-order valence-corrected chi connectivity index (χ2v) is 5.02. The van der Waals surface area contributed by atoms with E-state index in [0.717, 1.165) is 4.31 Å². The summed E-state index contributed by atoms with van der Waals surface area (Å²) in [5.41, 5.74) is -0.305. The highest BCUT2D eigenvalue weighted by atomic mass is 32.2. The highest BCUT2D eigenvalue weighted by Gasteiger charge is 2.27. The number of nitro groups is 1. The van der Waals surface area contributed by atoms with Crippen LogP contribution in [0.15, 0.2) is 36.4 Å². The van der Waals surface area contributed by atoms with Gasteiger partial charge in [-0.3, -0.25) is 19.2 Å². The van der Waals surface area contributed by atoms with Gasteiger partial charge in [0.2, 0.25) is 0 Å². The number of carbonyl (C=O) groups excluding carboxylic acids is 1. The molecule has 94 valence electrons. The van der Waals surface area contributed by atoms with E-state index >= 15 is 0 Å². The van der Waals surface area contributed by atoms with Crippen LogP contribution >= 0.6 is 0 Å². The monoisotopic (exact) mass is 266 g/mol. The first-order valence-corrected chi connectivity index (χ1v) is 6.47. The average Bonchev–Trinajstić information content (AvgIpc) is 2.38. The summed E-state index contributed by atoms with van der Waals surface area (Å²) in [5, 5.41) is 10.8. The largest absolute Gasteiger partial charge is 0.282 e. The highest BCUT2D eigenvalue weighted by molar-refractivity contribution is 7.83. The van der Waals surface area contributed by atoms with E-state index in [1.807, 2.05) is 0 Å². The lowest BCUT2D eigenvalue weighted by Crippen LogP contribution is -2.36. The lowest BCUT2D eigenvalue weighted by Gasteiger charge is -2.21. The van der Waals surface area contributed by atoms with Crippen molar-refractivity contribution in [3.8, 4) is 0 Å². The molecule has 1 aliphatic heterocycles. The van der Waals surface area contributed by atoms with Gasteiger partial charge in [0.25, 0.3) is 11.6 Å². The summed E-state index contributed by atoms with van der Waals surface area (Å²) >= 11 is 0. The zero-order valence-electron chi connectivity index (χ0n) is 9.31. The second-order valence-electron chi connectivity index (χ2n) is 3.60. The third kappa shape index (κ3) is 2.30. The number of hydrogen-bond acceptors (Lipinski definition) is 4. The van der Waals surface area contributed by atoms with Crippen molar-refractivity contribution in [3.05, 3.63) is 52.1 Å². The molecule has 6 nitrogen and oxygen atoms in total. The van der Waals surface area contributed by atoms with Crippen LogP contribution in [0.3, 0.4) is 0 Å². The predicted octanol–water partition coefficient (Wildman–Crippen LogP) is 1.27. The molecule has 18 heavy (non-hydrogen) atoms. The second kappa shape index (κ2) is 5.09. The van der Waals surface area contributed by atoms with Crippen LogP contribution in [0.1, 0.15) is 10.4 Å². The fourth-order valence-corrected chi connectivity index (χ4v) is 2.63. The van der Waals surface area contributed by atoms with E-state index in [4.69, 9.17) is 0 Å². The summed E-state index contributed by atoms with van der Waals surface area (Å²) in [6, 6.07) is 5.66. The van der Waals surface area contributed by atoms with Crippen LogP contribution in [0.25, 0.3) is 0 Å². The van der Waals surface area contributed by atoms with Gasteiger partial charge in [0, 0.05) is 6.07 Å². The summed E-state index contributed by atoms with van der Waals surface area (Å²) in [6.45, 7) is 0.206. The fourth-order valence-electron chi connectivity index (χ4n) is 1.62. The molecule has 7 heteroatoms. The van der Waals surface area contributed by atoms with Gasteiger partial charge in [-0.25, -0.2) is 4.21 Å². The summed E-state index contributed by atoms with van der Waals surface area (Å²) in [7, 11) is -1.46. The number of nitrogens with zero attached hydrogens (tertiary/aromatic N) is 2. The molecule has 0 aliphatic carbocycles. The van der Waals surface area contributed by atoms with E-state index in [2.05, 4.69) is 0 Å². The summed E-state index contributed by atoms with van der Waals surface area (Å²) in [4.78, 5) is 22.4. The van der Waals surface area contributed by atoms with Gasteiger partial charge in [0.1, 0.15) is 16.5 Å². The number of nitro benzene ring substituents is 1. The van der Waals surface area contributed by atoms with Gasteiger partial charge in [-0.2, -0.15) is 0 Å². The molecule has 1 aromatic carbocycles. The average molecular weight is 266 g/mol. The van der Waals surface area contributed by atoms with E-state index in [-0.39, 0.29) is 23.5 Å². The fraction of sp³-hybridized carbons (Fsp3) is 0.182. The molecule has 0 spiro atoms. The SMILES string of the molecule is O=C(c1ccccc1[N+](=O)[O-])N1CC=CCS1=O. The Morgan fingerprint density at radius 3 is 2.72 bits per heavy atom. The van der Waals surface area contributed by atoms with Crippen LogP contribution in [0.4, 0.5) is 5.69 Å². The Balaban J connectivity index is 2.37. The van der Waals surface area contributed by atoms with Gasteiger partial charge in [0.05, 0.1) is 17.2 Å². The van der Waals surface area contributed by atoms with Crippen molar-refractivity contribution < 1.29 is 13.9 Å². The predicted molar refractivity (Wildman–Crippen MR) is 66.3 cm³/mol. The molecule has 0 fully saturated rings. The quantitative estimate of drug-likeness (QED) is 0.458. The summed E-state index contributed by atoms with van der Waals surface area (Å²) in [5.74, 6) is -0.322. The van der Waals surface area contributed by atoms with Crippen LogP contribution in [0.5, 0.6) is 0 Å². The van der Waals surface area contributed by atoms with Crippen LogP contribution < -0.4 is 0 Å². The minimum Gasteiger partial charge on any atom is -0.268 e. The maximum atomic E-state index is 12.1. The number of para-hydroxylation sites is 1. The van der Waals surface area contributed by atoms with E-state index in [0.29, 0.717) is 0 Å². The zero-order chi connectivity index (χ0) is 13.1. The highest BCUT2D eigenvalue weighted by Crippen LogP contribution is 2.21. The van der Waals surface area contributed by atoms with Gasteiger partial charge >= 0.3 is 0 Å². The van der Waals surface area contributed by atoms with E-state index in [9.17, 15) is 19.1 Å². The molecule has 0 radical (unpaired) electrons. The molecular formula is C11H10N2O4S. The first-order valence-electron chi connectivity index (χ1n) is 5.20. The standard InChI is InChI=1S/C11H10N2O4S/c14-11(12-7-3-4-8-18(12)17)9-5-1-2-6-10(9)13(15)16/h1-6H,7-8H2. The maximum absolute atomic E-state index is 12.1. The molecule has 1 aromatic rings. The number of hydrogen-bond donors (Lipinski definition) is 0. The minimum absolute atomic E-state index is 0.0360. The molecule has 2 rings (SSSR count). The van der Waals surface area contributed by atoms with Gasteiger partial charge < -0.3 is 0 Å². The zero-order valence-corrected chi connectivity index (χ0v) is 10.1. The maximum Gasteiger partial charge on any atom is 0.282 e. The van der Waals surface area contributed by atoms with E-state index in [1.54, 1.807) is 18.2 Å². The molecule has 1 amide bonds. The number of carbonyl (C=O) groups is 1. The van der Waals surface area contributed by atoms with Crippen LogP contribution in [0, 0.1) is 10.1 Å². The van der Waals surface area contributed by atoms with Crippen molar-refractivity contribution in [2.45, 2.75) is 0 Å². The van der Waals surface area contributed by atoms with Crippen LogP contribution in [0.2, 0.25) is 0 Å². The van der Waals surface area contributed by atoms with Crippen molar-refractivity contribution >= 4 is 22.6 Å². The van der Waals surface area contributed by atoms with Crippen molar-refractivity contribution in [1.82, 2.24) is 4.31 Å². The lowest BCUT2D eigenvalue weighted by atomic mass is 10.1. The Kier molecular flexibility index (Phi) is 3.52. The van der Waals surface area contributed by atoms with Crippen molar-refractivity contribution in [2.75, 3.05) is 12.3 Å². The minimum atomic E-state index is -1.46. The van der Waals surface area contributed by atoms with Crippen LogP contribution in [-0.4, -0.2) is 31.6 Å². The number of benzene rings is 1. The smallest absolute Gasteiger partial charge is 0.268 e. The molecule has 0 aromatic heterocycles. The number of amides is 1. The normalized spacial score (nSPS) is 18.7. The van der Waals surface area contributed by atoms with Crippen LogP contribution in [-0.2, 0) is 11.0 Å². The topological polar surface area (TPSA) is 80.5 Å². The Labute approximate surface area is 106 Å². The molecular weight excluding hydrogens is 256 g/mol. The molecule has 0 saturated carbocycles. The van der Waals surface area contributed by atoms with Crippen molar-refractivity contribution in [3.63, 3.8) is 0 Å². The molecule has 0 saturated heterocycles. The first kappa shape index (κ1) is 12.4. The Morgan fingerprint density at radius 2 is 2.06 bits per heavy atom. The lowest BCUT2D eigenvalue weighted by molar-refractivity contribution is -0.385. The Bertz CT molecular complexity index is 556. The van der Waals surface area contributed by atoms with Gasteiger partial charge in [-0.05, 0) is 6.07 Å². The molecule has 1 atom stereocenters.